The lowest BCUT2D eigenvalue weighted by atomic mass is 10.8. The molecule has 6 nitrogen and oxygen atoms in total. The average molecular weight is 355 g/mol. The highest BCUT2D eigenvalue weighted by atomic mass is 28.5. The quantitative estimate of drug-likeness (QED) is 0.696. The van der Waals surface area contributed by atoms with Gasteiger partial charge in [0.15, 0.2) is 0 Å². The predicted octanol–water partition coefficient (Wildman–Crippen LogP) is 0.808. The fraction of sp³-hybridized carbons (Fsp3) is 1.00. The maximum Gasteiger partial charge on any atom is 0.406 e. The van der Waals surface area contributed by atoms with Gasteiger partial charge in [-0.1, -0.05) is 13.8 Å². The van der Waals surface area contributed by atoms with Gasteiger partial charge in [0.1, 0.15) is 0 Å². The van der Waals surface area contributed by atoms with Crippen molar-refractivity contribution in [3.05, 3.63) is 0 Å². The van der Waals surface area contributed by atoms with Gasteiger partial charge in [0.05, 0.1) is 0 Å². The molecule has 0 spiro atoms. The molecule has 10 heteroatoms. The molecule has 0 aliphatic carbocycles. The summed E-state index contributed by atoms with van der Waals surface area (Å²) in [5.74, 6) is 0. The van der Waals surface area contributed by atoms with Gasteiger partial charge >= 0.3 is 36.0 Å². The van der Waals surface area contributed by atoms with Crippen LogP contribution >= 0.6 is 0 Å². The molecule has 1 fully saturated rings. The van der Waals surface area contributed by atoms with Crippen molar-refractivity contribution in [2.45, 2.75) is 40.0 Å². The molecule has 1 aliphatic rings. The Hall–Kier alpha value is 0.628. The van der Waals surface area contributed by atoms with Crippen molar-refractivity contribution in [3.8, 4) is 0 Å². The number of rotatable bonds is 4. The molecule has 20 heavy (non-hydrogen) atoms. The molecule has 120 valence electrons. The van der Waals surface area contributed by atoms with Gasteiger partial charge < -0.3 is 16.5 Å². The fourth-order valence-electron chi connectivity index (χ4n) is 2.27. The topological polar surface area (TPSA) is 43.4 Å². The SMILES string of the molecule is CCN(C)[Si]1(C)O[SiH](C)O[Si](C)(N(C)CC)O[SiH](C)O1. The van der Waals surface area contributed by atoms with Crippen LogP contribution in [0.15, 0.2) is 0 Å². The summed E-state index contributed by atoms with van der Waals surface area (Å²) in [7, 11) is -4.12. The monoisotopic (exact) mass is 354 g/mol. The van der Waals surface area contributed by atoms with Gasteiger partial charge in [0.25, 0.3) is 0 Å². The zero-order chi connectivity index (χ0) is 15.6. The molecule has 0 bridgehead atoms. The van der Waals surface area contributed by atoms with Gasteiger partial charge in [-0.25, -0.2) is 0 Å². The van der Waals surface area contributed by atoms with Crippen LogP contribution in [-0.2, 0) is 16.5 Å². The van der Waals surface area contributed by atoms with Gasteiger partial charge in [0, 0.05) is 0 Å². The van der Waals surface area contributed by atoms with Crippen LogP contribution in [0.3, 0.4) is 0 Å². The van der Waals surface area contributed by atoms with Crippen LogP contribution in [0.5, 0.6) is 0 Å². The molecule has 0 atom stereocenters. The molecule has 1 heterocycles. The van der Waals surface area contributed by atoms with Crippen LogP contribution in [0.2, 0.25) is 26.2 Å². The van der Waals surface area contributed by atoms with Gasteiger partial charge in [-0.2, -0.15) is 0 Å². The Bertz CT molecular complexity index is 284. The Kier molecular flexibility index (Phi) is 6.78. The van der Waals surface area contributed by atoms with Gasteiger partial charge in [-0.05, 0) is 53.4 Å². The van der Waals surface area contributed by atoms with Gasteiger partial charge in [-0.15, -0.1) is 0 Å². The van der Waals surface area contributed by atoms with E-state index in [0.717, 1.165) is 13.1 Å². The minimum Gasteiger partial charge on any atom is -0.406 e. The standard InChI is InChI=1S/C10H30N2O4Si4/c1-9-11(3)19(7)13-17(5)15-20(8,12(4)10-2)16-18(6)14-19/h17-18H,9-10H2,1-8H3. The lowest BCUT2D eigenvalue weighted by molar-refractivity contribution is 0.189. The van der Waals surface area contributed by atoms with Crippen molar-refractivity contribution < 1.29 is 16.5 Å². The minimum absolute atomic E-state index is 0.911. The zero-order valence-electron chi connectivity index (χ0n) is 14.1. The maximum absolute atomic E-state index is 6.31. The molecule has 1 aliphatic heterocycles. The van der Waals surface area contributed by atoms with E-state index in [1.165, 1.54) is 0 Å². The molecule has 0 aromatic carbocycles. The van der Waals surface area contributed by atoms with Crippen LogP contribution in [0.4, 0.5) is 0 Å². The summed E-state index contributed by atoms with van der Waals surface area (Å²) in [6.45, 7) is 14.4. The fourth-order valence-corrected chi connectivity index (χ4v) is 18.8. The Morgan fingerprint density at radius 1 is 0.750 bits per heavy atom. The van der Waals surface area contributed by atoms with Crippen molar-refractivity contribution in [2.24, 2.45) is 0 Å². The summed E-state index contributed by atoms with van der Waals surface area (Å²) in [6.07, 6.45) is 0. The van der Waals surface area contributed by atoms with Crippen LogP contribution in [0, 0.1) is 0 Å². The first-order valence-electron chi connectivity index (χ1n) is 7.30. The number of hydrogen-bond acceptors (Lipinski definition) is 6. The van der Waals surface area contributed by atoms with E-state index in [0.29, 0.717) is 0 Å². The molecule has 0 N–H and O–H groups in total. The second kappa shape index (κ2) is 7.26. The molecular weight excluding hydrogens is 324 g/mol. The molecule has 0 amide bonds. The minimum atomic E-state index is -2.35. The van der Waals surface area contributed by atoms with Crippen LogP contribution in [0.25, 0.3) is 0 Å². The van der Waals surface area contributed by atoms with E-state index in [1.807, 2.05) is 0 Å². The molecule has 0 saturated carbocycles. The summed E-state index contributed by atoms with van der Waals surface area (Å²) >= 11 is 0. The Labute approximate surface area is 129 Å². The van der Waals surface area contributed by atoms with Gasteiger partial charge in [-0.3, -0.25) is 9.13 Å². The number of hydrogen-bond donors (Lipinski definition) is 0. The average Bonchev–Trinajstić information content (AvgIpc) is 2.34. The molecule has 0 radical (unpaired) electrons. The maximum atomic E-state index is 6.31. The summed E-state index contributed by atoms with van der Waals surface area (Å²) in [6, 6.07) is 0. The summed E-state index contributed by atoms with van der Waals surface area (Å²) in [4.78, 5) is 0. The van der Waals surface area contributed by atoms with Crippen LogP contribution < -0.4 is 0 Å². The summed E-state index contributed by atoms with van der Waals surface area (Å²) in [5, 5.41) is 0. The van der Waals surface area contributed by atoms with Crippen molar-refractivity contribution in [2.75, 3.05) is 27.2 Å². The highest BCUT2D eigenvalue weighted by molar-refractivity contribution is 6.83. The lowest BCUT2D eigenvalue weighted by Gasteiger charge is -2.46. The van der Waals surface area contributed by atoms with E-state index >= 15 is 0 Å². The lowest BCUT2D eigenvalue weighted by Crippen LogP contribution is -2.67. The van der Waals surface area contributed by atoms with Crippen molar-refractivity contribution in [1.29, 1.82) is 0 Å². The van der Waals surface area contributed by atoms with Crippen molar-refractivity contribution >= 4 is 36.0 Å². The molecule has 1 rings (SSSR count). The van der Waals surface area contributed by atoms with E-state index in [2.05, 4.69) is 63.3 Å². The first-order chi connectivity index (χ1) is 9.16. The second-order valence-electron chi connectivity index (χ2n) is 5.43. The smallest absolute Gasteiger partial charge is 0.406 e. The van der Waals surface area contributed by atoms with E-state index in [4.69, 9.17) is 16.5 Å². The van der Waals surface area contributed by atoms with E-state index in [9.17, 15) is 0 Å². The van der Waals surface area contributed by atoms with Crippen molar-refractivity contribution in [1.82, 2.24) is 9.13 Å². The highest BCUT2D eigenvalue weighted by Gasteiger charge is 2.49. The molecular formula is C10H30N2O4Si4. The first-order valence-corrected chi connectivity index (χ1v) is 16.0. The predicted molar refractivity (Wildman–Crippen MR) is 90.2 cm³/mol. The number of nitrogens with zero attached hydrogens (tertiary/aromatic N) is 2. The third-order valence-electron chi connectivity index (χ3n) is 3.87. The molecule has 0 unspecified atom stereocenters. The van der Waals surface area contributed by atoms with Gasteiger partial charge in [0.2, 0.25) is 0 Å². The van der Waals surface area contributed by atoms with Crippen LogP contribution in [-0.4, -0.2) is 72.3 Å². The van der Waals surface area contributed by atoms with E-state index in [-0.39, 0.29) is 0 Å². The molecule has 0 aromatic rings. The molecule has 1 saturated heterocycles. The highest BCUT2D eigenvalue weighted by Crippen LogP contribution is 2.24. The first kappa shape index (κ1) is 18.7. The Morgan fingerprint density at radius 2 is 1.00 bits per heavy atom. The molecule has 0 aromatic heterocycles. The third-order valence-corrected chi connectivity index (χ3v) is 19.6. The Balaban J connectivity index is 2.93. The summed E-state index contributed by atoms with van der Waals surface area (Å²) in [5.41, 5.74) is 0. The third kappa shape index (κ3) is 4.31. The normalized spacial score (nSPS) is 39.9. The van der Waals surface area contributed by atoms with Crippen molar-refractivity contribution in [3.63, 3.8) is 0 Å². The summed E-state index contributed by atoms with van der Waals surface area (Å²) < 4.78 is 29.6. The second-order valence-corrected chi connectivity index (χ2v) is 16.6. The Morgan fingerprint density at radius 3 is 1.20 bits per heavy atom. The van der Waals surface area contributed by atoms with E-state index < -0.39 is 36.0 Å². The van der Waals surface area contributed by atoms with Crippen LogP contribution in [0.1, 0.15) is 13.8 Å². The van der Waals surface area contributed by atoms with E-state index in [1.54, 1.807) is 0 Å². The largest absolute Gasteiger partial charge is 0.406 e. The zero-order valence-corrected chi connectivity index (χ0v) is 18.4.